The number of rotatable bonds is 7. The molecule has 2 N–H and O–H groups in total. The number of hydrogen-bond acceptors (Lipinski definition) is 5. The minimum atomic E-state index is -0.144. The lowest BCUT2D eigenvalue weighted by atomic mass is 10.0. The highest BCUT2D eigenvalue weighted by atomic mass is 16.5. The molecule has 1 aromatic carbocycles. The molecule has 0 spiro atoms. The Bertz CT molecular complexity index is 575. The molecule has 5 heteroatoms. The monoisotopic (exact) mass is 287 g/mol. The highest BCUT2D eigenvalue weighted by Crippen LogP contribution is 2.21. The van der Waals surface area contributed by atoms with Crippen molar-refractivity contribution in [2.24, 2.45) is 5.73 Å². The van der Waals surface area contributed by atoms with Crippen LogP contribution >= 0.6 is 0 Å². The fraction of sp³-hybridized carbons (Fsp3) is 0.375. The van der Waals surface area contributed by atoms with Crippen molar-refractivity contribution in [3.8, 4) is 11.6 Å². The summed E-state index contributed by atoms with van der Waals surface area (Å²) < 4.78 is 10.7. The van der Waals surface area contributed by atoms with Gasteiger partial charge in [-0.15, -0.1) is 0 Å². The molecule has 1 atom stereocenters. The fourth-order valence-electron chi connectivity index (χ4n) is 2.00. The normalized spacial score (nSPS) is 12.0. The number of aromatic nitrogens is 2. The molecule has 5 nitrogen and oxygen atoms in total. The van der Waals surface area contributed by atoms with E-state index in [1.807, 2.05) is 24.3 Å². The van der Waals surface area contributed by atoms with Gasteiger partial charge in [0.25, 0.3) is 0 Å². The average molecular weight is 287 g/mol. The van der Waals surface area contributed by atoms with E-state index in [0.29, 0.717) is 18.9 Å². The van der Waals surface area contributed by atoms with Gasteiger partial charge in [0.05, 0.1) is 13.7 Å². The summed E-state index contributed by atoms with van der Waals surface area (Å²) in [6, 6.07) is 9.55. The molecule has 2 aromatic rings. The lowest BCUT2D eigenvalue weighted by Gasteiger charge is -2.13. The quantitative estimate of drug-likeness (QED) is 0.847. The van der Waals surface area contributed by atoms with Crippen LogP contribution in [0, 0.1) is 0 Å². The zero-order valence-corrected chi connectivity index (χ0v) is 12.5. The van der Waals surface area contributed by atoms with Crippen molar-refractivity contribution in [1.82, 2.24) is 9.97 Å². The molecule has 0 bridgehead atoms. The molecule has 0 fully saturated rings. The lowest BCUT2D eigenvalue weighted by Crippen LogP contribution is -2.14. The van der Waals surface area contributed by atoms with Crippen LogP contribution in [-0.4, -0.2) is 23.7 Å². The molecule has 0 radical (unpaired) electrons. The molecule has 112 valence electrons. The summed E-state index contributed by atoms with van der Waals surface area (Å²) in [5.41, 5.74) is 8.14. The largest absolute Gasteiger partial charge is 0.494 e. The van der Waals surface area contributed by atoms with Gasteiger partial charge in [-0.2, -0.15) is 0 Å². The maximum absolute atomic E-state index is 6.26. The summed E-state index contributed by atoms with van der Waals surface area (Å²) >= 11 is 0. The smallest absolute Gasteiger partial charge is 0.216 e. The number of benzene rings is 1. The predicted molar refractivity (Wildman–Crippen MR) is 81.4 cm³/mol. The Morgan fingerprint density at radius 3 is 2.86 bits per heavy atom. The third-order valence-electron chi connectivity index (χ3n) is 3.10. The Kier molecular flexibility index (Phi) is 5.51. The summed E-state index contributed by atoms with van der Waals surface area (Å²) in [6.07, 6.45) is 3.09. The van der Waals surface area contributed by atoms with Crippen molar-refractivity contribution >= 4 is 0 Å². The van der Waals surface area contributed by atoms with Crippen molar-refractivity contribution in [3.05, 3.63) is 47.9 Å². The van der Waals surface area contributed by atoms with Gasteiger partial charge in [-0.05, 0) is 24.1 Å². The molecule has 1 aromatic heterocycles. The molecular formula is C16H21N3O2. The maximum Gasteiger partial charge on any atom is 0.216 e. The van der Waals surface area contributed by atoms with E-state index in [4.69, 9.17) is 15.2 Å². The second-order valence-corrected chi connectivity index (χ2v) is 4.78. The van der Waals surface area contributed by atoms with Gasteiger partial charge in [0.15, 0.2) is 0 Å². The van der Waals surface area contributed by atoms with E-state index in [-0.39, 0.29) is 6.04 Å². The molecule has 2 rings (SSSR count). The van der Waals surface area contributed by atoms with E-state index in [1.165, 1.54) is 6.33 Å². The topological polar surface area (TPSA) is 70.3 Å². The second kappa shape index (κ2) is 7.59. The standard InChI is InChI=1S/C16H21N3O2/c1-3-7-21-14-6-4-5-12(8-14)15(17)9-13-10-16(20-2)19-11-18-13/h4-6,8,10-11,15H,3,7,9,17H2,1-2H3. The first-order valence-electron chi connectivity index (χ1n) is 7.06. The highest BCUT2D eigenvalue weighted by Gasteiger charge is 2.10. The molecule has 0 aliphatic rings. The van der Waals surface area contributed by atoms with Crippen LogP contribution in [0.4, 0.5) is 0 Å². The van der Waals surface area contributed by atoms with Gasteiger partial charge < -0.3 is 15.2 Å². The summed E-state index contributed by atoms with van der Waals surface area (Å²) in [4.78, 5) is 8.21. The van der Waals surface area contributed by atoms with Gasteiger partial charge in [-0.1, -0.05) is 19.1 Å². The summed E-state index contributed by atoms with van der Waals surface area (Å²) in [5.74, 6) is 1.40. The Balaban J connectivity index is 2.06. The van der Waals surface area contributed by atoms with Gasteiger partial charge in [0.2, 0.25) is 5.88 Å². The van der Waals surface area contributed by atoms with Crippen LogP contribution in [0.1, 0.15) is 30.6 Å². The molecule has 0 aliphatic carbocycles. The van der Waals surface area contributed by atoms with Crippen LogP contribution in [0.15, 0.2) is 36.7 Å². The first-order chi connectivity index (χ1) is 10.2. The second-order valence-electron chi connectivity index (χ2n) is 4.78. The van der Waals surface area contributed by atoms with Gasteiger partial charge >= 0.3 is 0 Å². The number of ether oxygens (including phenoxy) is 2. The minimum absolute atomic E-state index is 0.144. The van der Waals surface area contributed by atoms with E-state index in [0.717, 1.165) is 23.4 Å². The summed E-state index contributed by atoms with van der Waals surface area (Å²) in [7, 11) is 1.58. The number of hydrogen-bond donors (Lipinski definition) is 1. The van der Waals surface area contributed by atoms with E-state index in [1.54, 1.807) is 13.2 Å². The zero-order valence-electron chi connectivity index (χ0n) is 12.5. The van der Waals surface area contributed by atoms with Crippen molar-refractivity contribution in [1.29, 1.82) is 0 Å². The summed E-state index contributed by atoms with van der Waals surface area (Å²) in [6.45, 7) is 2.79. The summed E-state index contributed by atoms with van der Waals surface area (Å²) in [5, 5.41) is 0. The van der Waals surface area contributed by atoms with Gasteiger partial charge in [0, 0.05) is 24.2 Å². The van der Waals surface area contributed by atoms with E-state index >= 15 is 0 Å². The van der Waals surface area contributed by atoms with Gasteiger partial charge in [-0.3, -0.25) is 0 Å². The van der Waals surface area contributed by atoms with Crippen LogP contribution in [0.5, 0.6) is 11.6 Å². The minimum Gasteiger partial charge on any atom is -0.494 e. The molecule has 1 heterocycles. The molecule has 0 saturated heterocycles. The van der Waals surface area contributed by atoms with Crippen LogP contribution < -0.4 is 15.2 Å². The third-order valence-corrected chi connectivity index (χ3v) is 3.10. The first kappa shape index (κ1) is 15.3. The van der Waals surface area contributed by atoms with Crippen LogP contribution in [-0.2, 0) is 6.42 Å². The van der Waals surface area contributed by atoms with Crippen molar-refractivity contribution in [2.75, 3.05) is 13.7 Å². The molecule has 0 saturated carbocycles. The van der Waals surface area contributed by atoms with Gasteiger partial charge in [0.1, 0.15) is 12.1 Å². The maximum atomic E-state index is 6.26. The molecular weight excluding hydrogens is 266 g/mol. The Labute approximate surface area is 125 Å². The zero-order chi connectivity index (χ0) is 15.1. The van der Waals surface area contributed by atoms with E-state index in [9.17, 15) is 0 Å². The molecule has 21 heavy (non-hydrogen) atoms. The number of nitrogens with zero attached hydrogens (tertiary/aromatic N) is 2. The van der Waals surface area contributed by atoms with Crippen molar-refractivity contribution < 1.29 is 9.47 Å². The van der Waals surface area contributed by atoms with Crippen LogP contribution in [0.25, 0.3) is 0 Å². The average Bonchev–Trinajstić information content (AvgIpc) is 2.53. The Morgan fingerprint density at radius 1 is 1.24 bits per heavy atom. The van der Waals surface area contributed by atoms with Gasteiger partial charge in [-0.25, -0.2) is 9.97 Å². The highest BCUT2D eigenvalue weighted by molar-refractivity contribution is 5.31. The van der Waals surface area contributed by atoms with Crippen LogP contribution in [0.2, 0.25) is 0 Å². The van der Waals surface area contributed by atoms with Crippen LogP contribution in [0.3, 0.4) is 0 Å². The first-order valence-corrected chi connectivity index (χ1v) is 7.06. The SMILES string of the molecule is CCCOc1cccc(C(N)Cc2cc(OC)ncn2)c1. The van der Waals surface area contributed by atoms with E-state index < -0.39 is 0 Å². The number of nitrogens with two attached hydrogens (primary N) is 1. The Hall–Kier alpha value is -2.14. The van der Waals surface area contributed by atoms with Crippen molar-refractivity contribution in [3.63, 3.8) is 0 Å². The molecule has 1 unspecified atom stereocenters. The predicted octanol–water partition coefficient (Wildman–Crippen LogP) is 2.52. The fourth-order valence-corrected chi connectivity index (χ4v) is 2.00. The Morgan fingerprint density at radius 2 is 2.10 bits per heavy atom. The molecule has 0 amide bonds. The molecule has 0 aliphatic heterocycles. The van der Waals surface area contributed by atoms with E-state index in [2.05, 4.69) is 16.9 Å². The number of methoxy groups -OCH3 is 1. The third kappa shape index (κ3) is 4.43. The lowest BCUT2D eigenvalue weighted by molar-refractivity contribution is 0.317. The van der Waals surface area contributed by atoms with Crippen molar-refractivity contribution in [2.45, 2.75) is 25.8 Å².